The molecule has 3 aromatic rings. The first kappa shape index (κ1) is 24.2. The molecule has 0 unspecified atom stereocenters. The second kappa shape index (κ2) is 11.1. The molecule has 8 nitrogen and oxygen atoms in total. The Morgan fingerprint density at radius 3 is 2.61 bits per heavy atom. The fraction of sp³-hybridized carbons (Fsp3) is 0.393. The average molecular weight is 487 g/mol. The fourth-order valence-corrected chi connectivity index (χ4v) is 4.85. The van der Waals surface area contributed by atoms with Crippen molar-refractivity contribution in [3.63, 3.8) is 0 Å². The van der Waals surface area contributed by atoms with Crippen LogP contribution >= 0.6 is 0 Å². The summed E-state index contributed by atoms with van der Waals surface area (Å²) < 4.78 is 11.6. The van der Waals surface area contributed by atoms with E-state index in [4.69, 9.17) is 19.9 Å². The summed E-state index contributed by atoms with van der Waals surface area (Å²) >= 11 is 0. The number of pyridine rings is 2. The lowest BCUT2D eigenvalue weighted by molar-refractivity contribution is 0.0221. The van der Waals surface area contributed by atoms with Crippen LogP contribution in [0.4, 0.5) is 17.3 Å². The number of ether oxygens (including phenoxy) is 2. The van der Waals surface area contributed by atoms with E-state index in [1.54, 1.807) is 7.11 Å². The zero-order chi connectivity index (χ0) is 24.9. The van der Waals surface area contributed by atoms with E-state index in [-0.39, 0.29) is 6.10 Å². The van der Waals surface area contributed by atoms with Crippen molar-refractivity contribution >= 4 is 23.5 Å². The maximum Gasteiger partial charge on any atom is 0.217 e. The third kappa shape index (κ3) is 5.50. The summed E-state index contributed by atoms with van der Waals surface area (Å²) in [6.45, 7) is 6.29. The Hall–Kier alpha value is -3.49. The number of methoxy groups -OCH3 is 1. The normalized spacial score (nSPS) is 16.4. The third-order valence-corrected chi connectivity index (χ3v) is 6.92. The van der Waals surface area contributed by atoms with Crippen LogP contribution in [0.5, 0.6) is 5.88 Å². The molecule has 0 radical (unpaired) electrons. The molecule has 2 fully saturated rings. The summed E-state index contributed by atoms with van der Waals surface area (Å²) in [4.78, 5) is 11.8. The quantitative estimate of drug-likeness (QED) is 0.386. The van der Waals surface area contributed by atoms with Crippen molar-refractivity contribution in [2.24, 2.45) is 0 Å². The molecule has 4 heterocycles. The van der Waals surface area contributed by atoms with Gasteiger partial charge in [-0.05, 0) is 50.0 Å². The number of nitrogens with zero attached hydrogens (tertiary/aromatic N) is 3. The van der Waals surface area contributed by atoms with Crippen LogP contribution in [0.15, 0.2) is 48.5 Å². The Labute approximate surface area is 212 Å². The molecule has 0 spiro atoms. The van der Waals surface area contributed by atoms with Gasteiger partial charge >= 0.3 is 0 Å². The van der Waals surface area contributed by atoms with Gasteiger partial charge in [-0.2, -0.15) is 4.98 Å². The molecule has 0 atom stereocenters. The lowest BCUT2D eigenvalue weighted by Crippen LogP contribution is -2.52. The van der Waals surface area contributed by atoms with Crippen molar-refractivity contribution in [2.45, 2.75) is 38.4 Å². The summed E-state index contributed by atoms with van der Waals surface area (Å²) in [7, 11) is 1.63. The van der Waals surface area contributed by atoms with Crippen LogP contribution in [0.2, 0.25) is 0 Å². The molecule has 3 N–H and O–H groups in total. The number of nitrogens with one attached hydrogen (secondary N) is 3. The van der Waals surface area contributed by atoms with Gasteiger partial charge in [0.2, 0.25) is 5.88 Å². The van der Waals surface area contributed by atoms with E-state index < -0.39 is 0 Å². The van der Waals surface area contributed by atoms with Crippen molar-refractivity contribution in [1.82, 2.24) is 15.3 Å². The second-order valence-electron chi connectivity index (χ2n) is 9.50. The molecule has 2 saturated heterocycles. The van der Waals surface area contributed by atoms with Crippen molar-refractivity contribution < 1.29 is 9.47 Å². The molecule has 2 aliphatic rings. The van der Waals surface area contributed by atoms with Gasteiger partial charge in [0.25, 0.3) is 0 Å². The highest BCUT2D eigenvalue weighted by Gasteiger charge is 2.29. The number of aromatic nitrogens is 2. The molecule has 0 aliphatic carbocycles. The molecule has 2 aromatic heterocycles. The third-order valence-electron chi connectivity index (χ3n) is 6.92. The highest BCUT2D eigenvalue weighted by atomic mass is 16.5. The largest absolute Gasteiger partial charge is 0.481 e. The first-order valence-corrected chi connectivity index (χ1v) is 12.6. The molecular formula is C28H34N6O2. The van der Waals surface area contributed by atoms with Crippen LogP contribution in [-0.4, -0.2) is 55.6 Å². The van der Waals surface area contributed by atoms with Gasteiger partial charge in [0.05, 0.1) is 19.8 Å². The maximum absolute atomic E-state index is 7.94. The zero-order valence-electron chi connectivity index (χ0n) is 21.0. The number of rotatable bonds is 9. The Morgan fingerprint density at radius 2 is 1.89 bits per heavy atom. The van der Waals surface area contributed by atoms with E-state index in [0.717, 1.165) is 67.3 Å². The summed E-state index contributed by atoms with van der Waals surface area (Å²) in [5, 5.41) is 14.8. The summed E-state index contributed by atoms with van der Waals surface area (Å²) in [5.74, 6) is 2.49. The van der Waals surface area contributed by atoms with Gasteiger partial charge in [0.1, 0.15) is 11.6 Å². The van der Waals surface area contributed by atoms with E-state index in [2.05, 4.69) is 45.6 Å². The lowest BCUT2D eigenvalue weighted by atomic mass is 9.91. The first-order valence-electron chi connectivity index (χ1n) is 12.6. The van der Waals surface area contributed by atoms with Crippen molar-refractivity contribution in [1.29, 1.82) is 5.41 Å². The van der Waals surface area contributed by atoms with Crippen LogP contribution in [-0.2, 0) is 11.3 Å². The van der Waals surface area contributed by atoms with Gasteiger partial charge in [0, 0.05) is 54.3 Å². The summed E-state index contributed by atoms with van der Waals surface area (Å²) in [6.07, 6.45) is 3.68. The molecular weight excluding hydrogens is 452 g/mol. The van der Waals surface area contributed by atoms with Gasteiger partial charge in [-0.25, -0.2) is 4.98 Å². The molecule has 188 valence electrons. The minimum Gasteiger partial charge on any atom is -0.481 e. The number of anilines is 3. The lowest BCUT2D eigenvalue weighted by Gasteiger charge is -2.40. The van der Waals surface area contributed by atoms with Gasteiger partial charge in [-0.1, -0.05) is 30.3 Å². The minimum atomic E-state index is 0.172. The minimum absolute atomic E-state index is 0.172. The Bertz CT molecular complexity index is 1190. The molecule has 0 saturated carbocycles. The SMILES string of the molecule is COc1cc(Nc2nc(C3CCNCC3)c(C)cc2C=N)cc(N2CC(OCc3ccccc3)C2)n1. The van der Waals surface area contributed by atoms with E-state index in [0.29, 0.717) is 24.2 Å². The molecule has 36 heavy (non-hydrogen) atoms. The first-order chi connectivity index (χ1) is 17.6. The van der Waals surface area contributed by atoms with Gasteiger partial charge in [-0.3, -0.25) is 0 Å². The smallest absolute Gasteiger partial charge is 0.217 e. The monoisotopic (exact) mass is 486 g/mol. The number of piperidine rings is 1. The van der Waals surface area contributed by atoms with E-state index in [9.17, 15) is 0 Å². The fourth-order valence-electron chi connectivity index (χ4n) is 4.85. The molecule has 2 aliphatic heterocycles. The number of aryl methyl sites for hydroxylation is 1. The van der Waals surface area contributed by atoms with Gasteiger partial charge in [-0.15, -0.1) is 0 Å². The summed E-state index contributed by atoms with van der Waals surface area (Å²) in [5.41, 5.74) is 5.04. The average Bonchev–Trinajstić information content (AvgIpc) is 2.89. The van der Waals surface area contributed by atoms with Gasteiger partial charge in [0.15, 0.2) is 0 Å². The van der Waals surface area contributed by atoms with E-state index >= 15 is 0 Å². The van der Waals surface area contributed by atoms with Crippen LogP contribution in [0.25, 0.3) is 0 Å². The molecule has 8 heteroatoms. The topological polar surface area (TPSA) is 95.4 Å². The van der Waals surface area contributed by atoms with Crippen LogP contribution in [0.1, 0.15) is 41.1 Å². The molecule has 1 aromatic carbocycles. The van der Waals surface area contributed by atoms with E-state index in [1.165, 1.54) is 11.8 Å². The van der Waals surface area contributed by atoms with Crippen LogP contribution < -0.4 is 20.3 Å². The standard InChI is InChI=1S/C28H34N6O2/c1-19-12-22(15-29)28(33-27(19)21-8-10-30-11-9-21)31-23-13-25(32-26(14-23)35-2)34-16-24(17-34)36-18-20-6-4-3-5-7-20/h3-7,12-15,21,24,29-30H,8-11,16-18H2,1-2H3,(H,31,32,33). The molecule has 5 rings (SSSR count). The molecule has 0 amide bonds. The number of benzene rings is 1. The van der Waals surface area contributed by atoms with Crippen LogP contribution in [0, 0.1) is 12.3 Å². The zero-order valence-corrected chi connectivity index (χ0v) is 21.0. The van der Waals surface area contributed by atoms with E-state index in [1.807, 2.05) is 30.3 Å². The molecule has 0 bridgehead atoms. The number of hydrogen-bond acceptors (Lipinski definition) is 8. The Kier molecular flexibility index (Phi) is 7.44. The van der Waals surface area contributed by atoms with Crippen LogP contribution in [0.3, 0.4) is 0 Å². The summed E-state index contributed by atoms with van der Waals surface area (Å²) in [6, 6.07) is 16.2. The van der Waals surface area contributed by atoms with Gasteiger partial charge < -0.3 is 30.4 Å². The van der Waals surface area contributed by atoms with Crippen molar-refractivity contribution in [3.8, 4) is 5.88 Å². The predicted molar refractivity (Wildman–Crippen MR) is 143 cm³/mol. The van der Waals surface area contributed by atoms with Crippen molar-refractivity contribution in [2.75, 3.05) is 43.5 Å². The Morgan fingerprint density at radius 1 is 1.11 bits per heavy atom. The highest BCUT2D eigenvalue weighted by molar-refractivity contribution is 5.86. The predicted octanol–water partition coefficient (Wildman–Crippen LogP) is 4.41. The maximum atomic E-state index is 7.94. The second-order valence-corrected chi connectivity index (χ2v) is 9.50. The van der Waals surface area contributed by atoms with Crippen molar-refractivity contribution in [3.05, 3.63) is 70.9 Å². The number of hydrogen-bond donors (Lipinski definition) is 3. The Balaban J connectivity index is 1.31. The highest BCUT2D eigenvalue weighted by Crippen LogP contribution is 2.32.